The van der Waals surface area contributed by atoms with E-state index in [9.17, 15) is 8.42 Å². The van der Waals surface area contributed by atoms with E-state index in [1.165, 1.54) is 0 Å². The Morgan fingerprint density at radius 1 is 1.29 bits per heavy atom. The van der Waals surface area contributed by atoms with Crippen molar-refractivity contribution in [2.45, 2.75) is 38.3 Å². The maximum Gasteiger partial charge on any atom is 0.209 e. The molecule has 6 heteroatoms. The molecule has 21 heavy (non-hydrogen) atoms. The first-order valence-corrected chi connectivity index (χ1v) is 9.05. The van der Waals surface area contributed by atoms with Crippen LogP contribution in [-0.4, -0.2) is 20.7 Å². The Morgan fingerprint density at radius 3 is 2.62 bits per heavy atom. The number of sulfonamides is 1. The summed E-state index contributed by atoms with van der Waals surface area (Å²) in [6, 6.07) is 10.4. The molecule has 2 N–H and O–H groups in total. The van der Waals surface area contributed by atoms with Crippen molar-refractivity contribution >= 4 is 15.7 Å². The summed E-state index contributed by atoms with van der Waals surface area (Å²) in [6.07, 6.45) is 5.23. The zero-order chi connectivity index (χ0) is 15.3. The molecular formula is C15H21N3O2S. The van der Waals surface area contributed by atoms with Crippen LogP contribution in [0.4, 0.5) is 5.69 Å². The van der Waals surface area contributed by atoms with Crippen molar-refractivity contribution in [1.29, 1.82) is 5.26 Å². The van der Waals surface area contributed by atoms with E-state index in [2.05, 4.69) is 16.1 Å². The topological polar surface area (TPSA) is 82.0 Å². The average Bonchev–Trinajstić information content (AvgIpc) is 2.46. The SMILES string of the molecule is CS(=O)(=O)NCc1ccc(NC2CCCC(C#N)C2)cc1. The minimum absolute atomic E-state index is 0.162. The largest absolute Gasteiger partial charge is 0.382 e. The number of hydrogen-bond acceptors (Lipinski definition) is 4. The number of rotatable bonds is 5. The van der Waals surface area contributed by atoms with E-state index in [1.54, 1.807) is 0 Å². The van der Waals surface area contributed by atoms with Crippen LogP contribution in [0.2, 0.25) is 0 Å². The molecule has 2 rings (SSSR count). The summed E-state index contributed by atoms with van der Waals surface area (Å²) in [5.74, 6) is 0.162. The second-order valence-electron chi connectivity index (χ2n) is 5.62. The van der Waals surface area contributed by atoms with Crippen LogP contribution in [0.5, 0.6) is 0 Å². The Balaban J connectivity index is 1.89. The van der Waals surface area contributed by atoms with Crippen molar-refractivity contribution in [3.63, 3.8) is 0 Å². The quantitative estimate of drug-likeness (QED) is 0.874. The molecule has 5 nitrogen and oxygen atoms in total. The lowest BCUT2D eigenvalue weighted by molar-refractivity contribution is 0.395. The highest BCUT2D eigenvalue weighted by molar-refractivity contribution is 7.88. The maximum atomic E-state index is 11.0. The van der Waals surface area contributed by atoms with Gasteiger partial charge in [-0.15, -0.1) is 0 Å². The monoisotopic (exact) mass is 307 g/mol. The summed E-state index contributed by atoms with van der Waals surface area (Å²) in [4.78, 5) is 0. The molecule has 0 bridgehead atoms. The number of anilines is 1. The highest BCUT2D eigenvalue weighted by atomic mass is 32.2. The van der Waals surface area contributed by atoms with Crippen molar-refractivity contribution < 1.29 is 8.42 Å². The van der Waals surface area contributed by atoms with E-state index in [-0.39, 0.29) is 5.92 Å². The second-order valence-corrected chi connectivity index (χ2v) is 7.46. The Bertz CT molecular complexity index is 605. The third kappa shape index (κ3) is 5.37. The Hall–Kier alpha value is -1.58. The fraction of sp³-hybridized carbons (Fsp3) is 0.533. The van der Waals surface area contributed by atoms with Crippen LogP contribution in [0.15, 0.2) is 24.3 Å². The van der Waals surface area contributed by atoms with Crippen LogP contribution in [0.1, 0.15) is 31.2 Å². The Morgan fingerprint density at radius 2 is 2.00 bits per heavy atom. The molecule has 1 saturated carbocycles. The fourth-order valence-corrected chi connectivity index (χ4v) is 3.04. The summed E-state index contributed by atoms with van der Waals surface area (Å²) in [6.45, 7) is 0.305. The summed E-state index contributed by atoms with van der Waals surface area (Å²) in [5.41, 5.74) is 1.94. The molecule has 0 aliphatic heterocycles. The van der Waals surface area contributed by atoms with E-state index >= 15 is 0 Å². The van der Waals surface area contributed by atoms with Gasteiger partial charge in [0.1, 0.15) is 0 Å². The molecule has 0 saturated heterocycles. The standard InChI is InChI=1S/C15H21N3O2S/c1-21(19,20)17-11-12-5-7-14(8-6-12)18-15-4-2-3-13(9-15)10-16/h5-8,13,15,17-18H,2-4,9,11H2,1H3. The lowest BCUT2D eigenvalue weighted by atomic mass is 9.86. The first-order chi connectivity index (χ1) is 9.96. The number of nitrogens with one attached hydrogen (secondary N) is 2. The summed E-state index contributed by atoms with van der Waals surface area (Å²) >= 11 is 0. The van der Waals surface area contributed by atoms with Gasteiger partial charge in [-0.25, -0.2) is 13.1 Å². The van der Waals surface area contributed by atoms with Crippen molar-refractivity contribution in [3.05, 3.63) is 29.8 Å². The third-order valence-corrected chi connectivity index (χ3v) is 4.39. The molecule has 0 aromatic heterocycles. The molecule has 2 unspecified atom stereocenters. The summed E-state index contributed by atoms with van der Waals surface area (Å²) in [5, 5.41) is 12.5. The molecule has 1 aliphatic carbocycles. The van der Waals surface area contributed by atoms with Crippen molar-refractivity contribution in [1.82, 2.24) is 4.72 Å². The van der Waals surface area contributed by atoms with Gasteiger partial charge in [0.15, 0.2) is 0 Å². The van der Waals surface area contributed by atoms with Crippen molar-refractivity contribution in [3.8, 4) is 6.07 Å². The maximum absolute atomic E-state index is 11.0. The molecule has 0 heterocycles. The van der Waals surface area contributed by atoms with Gasteiger partial charge in [-0.2, -0.15) is 5.26 Å². The fourth-order valence-electron chi connectivity index (χ4n) is 2.61. The lowest BCUT2D eigenvalue weighted by Gasteiger charge is -2.27. The predicted molar refractivity (Wildman–Crippen MR) is 83.1 cm³/mol. The minimum Gasteiger partial charge on any atom is -0.382 e. The predicted octanol–water partition coefficient (Wildman–Crippen LogP) is 2.23. The highest BCUT2D eigenvalue weighted by Gasteiger charge is 2.21. The molecule has 0 spiro atoms. The molecule has 1 aromatic carbocycles. The molecular weight excluding hydrogens is 286 g/mol. The lowest BCUT2D eigenvalue weighted by Crippen LogP contribution is -2.26. The molecule has 1 aromatic rings. The molecule has 0 amide bonds. The average molecular weight is 307 g/mol. The number of nitriles is 1. The first-order valence-electron chi connectivity index (χ1n) is 7.16. The van der Waals surface area contributed by atoms with E-state index in [0.717, 1.165) is 43.2 Å². The molecule has 2 atom stereocenters. The summed E-state index contributed by atoms with van der Waals surface area (Å²) < 4.78 is 24.6. The zero-order valence-corrected chi connectivity index (χ0v) is 13.0. The number of hydrogen-bond donors (Lipinski definition) is 2. The highest BCUT2D eigenvalue weighted by Crippen LogP contribution is 2.26. The molecule has 0 radical (unpaired) electrons. The van der Waals surface area contributed by atoms with Gasteiger partial charge < -0.3 is 5.32 Å². The van der Waals surface area contributed by atoms with Crippen LogP contribution in [0.3, 0.4) is 0 Å². The van der Waals surface area contributed by atoms with Gasteiger partial charge in [0.05, 0.1) is 12.3 Å². The van der Waals surface area contributed by atoms with Crippen LogP contribution in [0, 0.1) is 17.2 Å². The van der Waals surface area contributed by atoms with E-state index in [1.807, 2.05) is 24.3 Å². The molecule has 1 aliphatic rings. The zero-order valence-electron chi connectivity index (χ0n) is 12.2. The van der Waals surface area contributed by atoms with Gasteiger partial charge in [0.2, 0.25) is 10.0 Å². The summed E-state index contributed by atoms with van der Waals surface area (Å²) in [7, 11) is -3.16. The number of nitrogens with zero attached hydrogens (tertiary/aromatic N) is 1. The van der Waals surface area contributed by atoms with Gasteiger partial charge in [-0.3, -0.25) is 0 Å². The second kappa shape index (κ2) is 6.92. The third-order valence-electron chi connectivity index (χ3n) is 3.72. The number of benzene rings is 1. The van der Waals surface area contributed by atoms with E-state index in [0.29, 0.717) is 12.6 Å². The van der Waals surface area contributed by atoms with Gasteiger partial charge in [0, 0.05) is 24.2 Å². The minimum atomic E-state index is -3.16. The van der Waals surface area contributed by atoms with Gasteiger partial charge >= 0.3 is 0 Å². The van der Waals surface area contributed by atoms with Crippen LogP contribution in [0.25, 0.3) is 0 Å². The van der Waals surface area contributed by atoms with Gasteiger partial charge in [-0.1, -0.05) is 18.6 Å². The molecule has 1 fully saturated rings. The van der Waals surface area contributed by atoms with Crippen molar-refractivity contribution in [2.24, 2.45) is 5.92 Å². The van der Waals surface area contributed by atoms with Gasteiger partial charge in [-0.05, 0) is 37.0 Å². The molecule has 114 valence electrons. The van der Waals surface area contributed by atoms with E-state index < -0.39 is 10.0 Å². The van der Waals surface area contributed by atoms with E-state index in [4.69, 9.17) is 5.26 Å². The Kier molecular flexibility index (Phi) is 5.21. The van der Waals surface area contributed by atoms with Crippen LogP contribution >= 0.6 is 0 Å². The first kappa shape index (κ1) is 15.8. The van der Waals surface area contributed by atoms with Crippen LogP contribution < -0.4 is 10.0 Å². The Labute approximate surface area is 126 Å². The smallest absolute Gasteiger partial charge is 0.209 e. The van der Waals surface area contributed by atoms with Gasteiger partial charge in [0.25, 0.3) is 0 Å². The van der Waals surface area contributed by atoms with Crippen molar-refractivity contribution in [2.75, 3.05) is 11.6 Å². The normalized spacial score (nSPS) is 22.5. The van der Waals surface area contributed by atoms with Crippen LogP contribution in [-0.2, 0) is 16.6 Å².